The summed E-state index contributed by atoms with van der Waals surface area (Å²) in [6.45, 7) is 1.81. The Hall–Kier alpha value is -0.420. The summed E-state index contributed by atoms with van der Waals surface area (Å²) in [5.41, 5.74) is 0. The summed E-state index contributed by atoms with van der Waals surface area (Å²) >= 11 is 0. The van der Waals surface area contributed by atoms with Gasteiger partial charge >= 0.3 is 10.1 Å². The molecular formula is C5H9O4S. The summed E-state index contributed by atoms with van der Waals surface area (Å²) in [4.78, 5) is 10.3. The number of carbonyl (C=O) groups is 1. The fourth-order valence-corrected chi connectivity index (χ4v) is 0.840. The standard InChI is InChI=1S/C5H9O4S/c1-2-3-4-5(6)10(7,8)9/h2-4H2,1H3. The molecule has 0 aliphatic rings. The minimum Gasteiger partial charge on any atom is -0.279 e. The van der Waals surface area contributed by atoms with Crippen molar-refractivity contribution in [2.75, 3.05) is 0 Å². The van der Waals surface area contributed by atoms with Gasteiger partial charge in [0.1, 0.15) is 0 Å². The molecule has 0 unspecified atom stereocenters. The Kier molecular flexibility index (Phi) is 3.52. The van der Waals surface area contributed by atoms with Gasteiger partial charge in [0.15, 0.2) is 0 Å². The molecule has 0 rings (SSSR count). The topological polar surface area (TPSA) is 71.1 Å². The third-order valence-corrected chi connectivity index (χ3v) is 1.78. The summed E-state index contributed by atoms with van der Waals surface area (Å²) in [5.74, 6) is 0. The molecule has 10 heavy (non-hydrogen) atoms. The van der Waals surface area contributed by atoms with E-state index < -0.39 is 15.2 Å². The van der Waals surface area contributed by atoms with E-state index in [1.165, 1.54) is 0 Å². The van der Waals surface area contributed by atoms with Crippen molar-refractivity contribution in [2.45, 2.75) is 26.2 Å². The lowest BCUT2D eigenvalue weighted by atomic mass is 10.3. The lowest BCUT2D eigenvalue weighted by Gasteiger charge is -1.90. The van der Waals surface area contributed by atoms with Gasteiger partial charge in [0.05, 0.1) is 0 Å². The van der Waals surface area contributed by atoms with Crippen molar-refractivity contribution in [2.24, 2.45) is 0 Å². The van der Waals surface area contributed by atoms with Crippen LogP contribution < -0.4 is 0 Å². The van der Waals surface area contributed by atoms with Crippen LogP contribution in [-0.2, 0) is 19.5 Å². The molecule has 0 fully saturated rings. The first-order valence-corrected chi connectivity index (χ1v) is 4.38. The third-order valence-electron chi connectivity index (χ3n) is 1.01. The van der Waals surface area contributed by atoms with Crippen molar-refractivity contribution in [1.29, 1.82) is 0 Å². The van der Waals surface area contributed by atoms with Gasteiger partial charge in [-0.3, -0.25) is 4.79 Å². The van der Waals surface area contributed by atoms with Crippen molar-refractivity contribution in [1.82, 2.24) is 0 Å². The van der Waals surface area contributed by atoms with Crippen molar-refractivity contribution >= 4 is 15.2 Å². The van der Waals surface area contributed by atoms with Gasteiger partial charge in [-0.1, -0.05) is 17.9 Å². The summed E-state index contributed by atoms with van der Waals surface area (Å²) < 4.78 is 29.8. The molecule has 0 aliphatic carbocycles. The van der Waals surface area contributed by atoms with Crippen LogP contribution in [0.25, 0.3) is 0 Å². The zero-order valence-electron chi connectivity index (χ0n) is 5.66. The Morgan fingerprint density at radius 3 is 2.20 bits per heavy atom. The van der Waals surface area contributed by atoms with Crippen molar-refractivity contribution in [3.63, 3.8) is 0 Å². The largest absolute Gasteiger partial charge is 0.358 e. The molecule has 0 bridgehead atoms. The first-order valence-electron chi connectivity index (χ1n) is 2.97. The van der Waals surface area contributed by atoms with E-state index in [-0.39, 0.29) is 6.42 Å². The fourth-order valence-electron chi connectivity index (χ4n) is 0.446. The first kappa shape index (κ1) is 9.58. The van der Waals surface area contributed by atoms with E-state index in [9.17, 15) is 17.8 Å². The molecule has 0 aromatic rings. The maximum Gasteiger partial charge on any atom is 0.358 e. The second-order valence-electron chi connectivity index (χ2n) is 1.93. The van der Waals surface area contributed by atoms with Crippen molar-refractivity contribution in [3.8, 4) is 0 Å². The first-order chi connectivity index (χ1) is 4.48. The molecule has 0 spiro atoms. The van der Waals surface area contributed by atoms with Gasteiger partial charge in [-0.05, 0) is 6.42 Å². The van der Waals surface area contributed by atoms with Crippen molar-refractivity contribution < 1.29 is 17.8 Å². The molecule has 0 aliphatic heterocycles. The SMILES string of the molecule is CCCCC(=O)S([O])(=O)=O. The predicted octanol–water partition coefficient (Wildman–Crippen LogP) is 0.464. The quantitative estimate of drug-likeness (QED) is 0.610. The number of hydrogen-bond acceptors (Lipinski definition) is 3. The van der Waals surface area contributed by atoms with E-state index in [1.54, 1.807) is 0 Å². The Bertz CT molecular complexity index is 204. The average Bonchev–Trinajstić information content (AvgIpc) is 1.80. The highest BCUT2D eigenvalue weighted by molar-refractivity contribution is 8.00. The summed E-state index contributed by atoms with van der Waals surface area (Å²) in [5, 5.41) is -1.20. The van der Waals surface area contributed by atoms with Crippen LogP contribution >= 0.6 is 0 Å². The number of rotatable bonds is 3. The smallest absolute Gasteiger partial charge is 0.279 e. The zero-order chi connectivity index (χ0) is 8.20. The molecule has 5 heteroatoms. The van der Waals surface area contributed by atoms with Crippen LogP contribution in [0.5, 0.6) is 0 Å². The highest BCUT2D eigenvalue weighted by atomic mass is 32.2. The summed E-state index contributed by atoms with van der Waals surface area (Å²) in [6, 6.07) is 0. The van der Waals surface area contributed by atoms with Crippen LogP contribution in [0.2, 0.25) is 0 Å². The Labute approximate surface area is 60.0 Å². The molecule has 0 saturated heterocycles. The van der Waals surface area contributed by atoms with Crippen LogP contribution in [0.3, 0.4) is 0 Å². The summed E-state index contributed by atoms with van der Waals surface area (Å²) in [6.07, 6.45) is 1.02. The van der Waals surface area contributed by atoms with Crippen molar-refractivity contribution in [3.05, 3.63) is 0 Å². The van der Waals surface area contributed by atoms with E-state index in [2.05, 4.69) is 0 Å². The molecule has 4 nitrogen and oxygen atoms in total. The van der Waals surface area contributed by atoms with Gasteiger partial charge in [-0.15, -0.1) is 0 Å². The molecular weight excluding hydrogens is 156 g/mol. The second kappa shape index (κ2) is 3.68. The molecule has 59 valence electrons. The minimum absolute atomic E-state index is 0.150. The number of carbonyl (C=O) groups excluding carboxylic acids is 1. The van der Waals surface area contributed by atoms with Gasteiger partial charge in [0.25, 0.3) is 5.12 Å². The lowest BCUT2D eigenvalue weighted by molar-refractivity contribution is -0.112. The molecule has 0 amide bonds. The van der Waals surface area contributed by atoms with Gasteiger partial charge in [-0.2, -0.15) is 8.42 Å². The lowest BCUT2D eigenvalue weighted by Crippen LogP contribution is -2.10. The normalized spacial score (nSPS) is 11.4. The Balaban J connectivity index is 3.88. The molecule has 0 aromatic heterocycles. The number of unbranched alkanes of at least 4 members (excludes halogenated alkanes) is 1. The molecule has 0 aromatic carbocycles. The predicted molar refractivity (Wildman–Crippen MR) is 34.1 cm³/mol. The van der Waals surface area contributed by atoms with Gasteiger partial charge < -0.3 is 0 Å². The van der Waals surface area contributed by atoms with Crippen LogP contribution in [-0.4, -0.2) is 13.5 Å². The highest BCUT2D eigenvalue weighted by Gasteiger charge is 2.18. The second-order valence-corrected chi connectivity index (χ2v) is 3.29. The molecule has 1 radical (unpaired) electrons. The Morgan fingerprint density at radius 2 is 1.90 bits per heavy atom. The van der Waals surface area contributed by atoms with Gasteiger partial charge in [-0.25, -0.2) is 0 Å². The van der Waals surface area contributed by atoms with E-state index in [4.69, 9.17) is 0 Å². The summed E-state index contributed by atoms with van der Waals surface area (Å²) in [7, 11) is -4.66. The molecule has 0 N–H and O–H groups in total. The zero-order valence-corrected chi connectivity index (χ0v) is 6.48. The van der Waals surface area contributed by atoms with Crippen LogP contribution in [0.4, 0.5) is 0 Å². The van der Waals surface area contributed by atoms with E-state index in [1.807, 2.05) is 6.92 Å². The third kappa shape index (κ3) is 3.58. The maximum atomic E-state index is 10.3. The highest BCUT2D eigenvalue weighted by Crippen LogP contribution is 1.99. The van der Waals surface area contributed by atoms with Gasteiger partial charge in [0.2, 0.25) is 0 Å². The molecule has 0 atom stereocenters. The molecule has 0 heterocycles. The van der Waals surface area contributed by atoms with Gasteiger partial charge in [0, 0.05) is 6.42 Å². The number of hydrogen-bond donors (Lipinski definition) is 0. The van der Waals surface area contributed by atoms with E-state index >= 15 is 0 Å². The van der Waals surface area contributed by atoms with Crippen LogP contribution in [0.1, 0.15) is 26.2 Å². The van der Waals surface area contributed by atoms with Crippen LogP contribution in [0.15, 0.2) is 0 Å². The molecule has 0 saturated carbocycles. The van der Waals surface area contributed by atoms with Crippen LogP contribution in [0, 0.1) is 0 Å². The average molecular weight is 165 g/mol. The van der Waals surface area contributed by atoms with E-state index in [0.717, 1.165) is 0 Å². The Morgan fingerprint density at radius 1 is 1.40 bits per heavy atom. The van der Waals surface area contributed by atoms with E-state index in [0.29, 0.717) is 12.8 Å². The fraction of sp³-hybridized carbons (Fsp3) is 0.800. The maximum absolute atomic E-state index is 10.3. The minimum atomic E-state index is -4.66. The monoisotopic (exact) mass is 165 g/mol.